The zero-order valence-corrected chi connectivity index (χ0v) is 12.8. The van der Waals surface area contributed by atoms with Gasteiger partial charge in [0.15, 0.2) is 0 Å². The van der Waals surface area contributed by atoms with Gasteiger partial charge in [0.2, 0.25) is 5.91 Å². The van der Waals surface area contributed by atoms with Crippen molar-refractivity contribution in [2.75, 3.05) is 13.2 Å². The highest BCUT2D eigenvalue weighted by molar-refractivity contribution is 5.87. The van der Waals surface area contributed by atoms with Gasteiger partial charge in [-0.2, -0.15) is 0 Å². The quantitative estimate of drug-likeness (QED) is 0.749. The maximum absolute atomic E-state index is 12.4. The van der Waals surface area contributed by atoms with E-state index >= 15 is 0 Å². The lowest BCUT2D eigenvalue weighted by atomic mass is 9.54. The van der Waals surface area contributed by atoms with E-state index in [-0.39, 0.29) is 17.8 Å². The van der Waals surface area contributed by atoms with Crippen LogP contribution >= 0.6 is 0 Å². The number of amides is 1. The van der Waals surface area contributed by atoms with Gasteiger partial charge in [0, 0.05) is 19.0 Å². The zero-order valence-electron chi connectivity index (χ0n) is 12.8. The van der Waals surface area contributed by atoms with Gasteiger partial charge in [-0.25, -0.2) is 0 Å². The van der Waals surface area contributed by atoms with Gasteiger partial charge < -0.3 is 9.64 Å². The SMILES string of the molecule is CCOC(=O)[C@H]1CC(=O)N(C2C3CC4CC(C3)CC2C4)C1. The first-order valence-electron chi connectivity index (χ1n) is 8.61. The predicted molar refractivity (Wildman–Crippen MR) is 77.3 cm³/mol. The van der Waals surface area contributed by atoms with Gasteiger partial charge in [0.05, 0.1) is 12.5 Å². The Kier molecular flexibility index (Phi) is 3.23. The summed E-state index contributed by atoms with van der Waals surface area (Å²) in [6.07, 6.45) is 7.04. The van der Waals surface area contributed by atoms with Gasteiger partial charge >= 0.3 is 5.97 Å². The topological polar surface area (TPSA) is 46.6 Å². The molecule has 4 aliphatic carbocycles. The normalized spacial score (nSPS) is 44.4. The molecule has 5 aliphatic rings. The van der Waals surface area contributed by atoms with E-state index < -0.39 is 0 Å². The van der Waals surface area contributed by atoms with Crippen LogP contribution < -0.4 is 0 Å². The van der Waals surface area contributed by atoms with E-state index in [0.29, 0.717) is 37.5 Å². The fourth-order valence-electron chi connectivity index (χ4n) is 5.84. The molecule has 5 fully saturated rings. The highest BCUT2D eigenvalue weighted by Crippen LogP contribution is 2.55. The monoisotopic (exact) mass is 291 g/mol. The number of carbonyl (C=O) groups excluding carboxylic acids is 2. The Morgan fingerprint density at radius 1 is 1.14 bits per heavy atom. The Labute approximate surface area is 126 Å². The number of esters is 1. The van der Waals surface area contributed by atoms with E-state index in [1.807, 2.05) is 6.92 Å². The zero-order chi connectivity index (χ0) is 14.6. The van der Waals surface area contributed by atoms with Crippen LogP contribution in [0.2, 0.25) is 0 Å². The second-order valence-electron chi connectivity index (χ2n) is 7.62. The molecule has 21 heavy (non-hydrogen) atoms. The Bertz CT molecular complexity index is 433. The third kappa shape index (κ3) is 2.18. The van der Waals surface area contributed by atoms with Crippen molar-refractivity contribution in [1.29, 1.82) is 0 Å². The molecule has 4 nitrogen and oxygen atoms in total. The minimum atomic E-state index is -0.227. The molecule has 0 aromatic rings. The van der Waals surface area contributed by atoms with Gasteiger partial charge in [-0.1, -0.05) is 0 Å². The van der Waals surface area contributed by atoms with Crippen LogP contribution in [0, 0.1) is 29.6 Å². The van der Waals surface area contributed by atoms with Crippen LogP contribution in [-0.4, -0.2) is 36.0 Å². The number of carbonyl (C=O) groups is 2. The Morgan fingerprint density at radius 3 is 2.33 bits per heavy atom. The molecular formula is C17H25NO3. The first-order chi connectivity index (χ1) is 10.2. The molecule has 1 amide bonds. The Morgan fingerprint density at radius 2 is 1.76 bits per heavy atom. The van der Waals surface area contributed by atoms with Crippen molar-refractivity contribution in [2.24, 2.45) is 29.6 Å². The van der Waals surface area contributed by atoms with Gasteiger partial charge in [-0.3, -0.25) is 9.59 Å². The molecule has 1 aliphatic heterocycles. The van der Waals surface area contributed by atoms with Crippen LogP contribution in [0.5, 0.6) is 0 Å². The van der Waals surface area contributed by atoms with Crippen LogP contribution in [0.4, 0.5) is 0 Å². The van der Waals surface area contributed by atoms with Gasteiger partial charge in [-0.15, -0.1) is 0 Å². The van der Waals surface area contributed by atoms with Gasteiger partial charge in [0.25, 0.3) is 0 Å². The number of hydrogen-bond donors (Lipinski definition) is 0. The molecular weight excluding hydrogens is 266 g/mol. The highest BCUT2D eigenvalue weighted by Gasteiger charge is 2.53. The molecule has 0 unspecified atom stereocenters. The molecule has 4 saturated carbocycles. The molecule has 0 spiro atoms. The third-order valence-corrected chi connectivity index (χ3v) is 6.32. The molecule has 0 aromatic heterocycles. The molecule has 5 rings (SSSR count). The summed E-state index contributed by atoms with van der Waals surface area (Å²) in [6, 6.07) is 0.421. The van der Waals surface area contributed by atoms with E-state index in [0.717, 1.165) is 11.8 Å². The second kappa shape index (κ2) is 4.99. The van der Waals surface area contributed by atoms with E-state index in [2.05, 4.69) is 4.90 Å². The molecule has 0 aromatic carbocycles. The maximum atomic E-state index is 12.4. The van der Waals surface area contributed by atoms with Crippen LogP contribution in [0.15, 0.2) is 0 Å². The lowest BCUT2D eigenvalue weighted by Crippen LogP contribution is -2.56. The number of nitrogens with zero attached hydrogens (tertiary/aromatic N) is 1. The van der Waals surface area contributed by atoms with Crippen molar-refractivity contribution >= 4 is 11.9 Å². The van der Waals surface area contributed by atoms with Crippen LogP contribution in [0.1, 0.15) is 45.4 Å². The summed E-state index contributed by atoms with van der Waals surface area (Å²) < 4.78 is 5.11. The number of rotatable bonds is 3. The average molecular weight is 291 g/mol. The molecule has 116 valence electrons. The molecule has 1 saturated heterocycles. The van der Waals surface area contributed by atoms with Crippen LogP contribution in [0.3, 0.4) is 0 Å². The molecule has 1 heterocycles. The Hall–Kier alpha value is -1.06. The summed E-state index contributed by atoms with van der Waals surface area (Å²) in [7, 11) is 0. The Balaban J connectivity index is 1.49. The van der Waals surface area contributed by atoms with Crippen molar-refractivity contribution in [2.45, 2.75) is 51.5 Å². The number of ether oxygens (including phenoxy) is 1. The standard InChI is InChI=1S/C17H25NO3/c1-2-21-17(20)14-8-15(19)18(9-14)16-12-4-10-3-11(6-12)7-13(16)5-10/h10-14,16H,2-9H2,1H3/t10?,11?,12?,13?,14-,16?/m0/s1. The van der Waals surface area contributed by atoms with E-state index in [4.69, 9.17) is 4.74 Å². The smallest absolute Gasteiger partial charge is 0.311 e. The van der Waals surface area contributed by atoms with Crippen LogP contribution in [0.25, 0.3) is 0 Å². The molecule has 1 atom stereocenters. The number of hydrogen-bond acceptors (Lipinski definition) is 3. The summed E-state index contributed by atoms with van der Waals surface area (Å²) in [5.41, 5.74) is 0. The fraction of sp³-hybridized carbons (Fsp3) is 0.882. The van der Waals surface area contributed by atoms with Gasteiger partial charge in [-0.05, 0) is 62.7 Å². The second-order valence-corrected chi connectivity index (χ2v) is 7.62. The fourth-order valence-corrected chi connectivity index (χ4v) is 5.84. The van der Waals surface area contributed by atoms with Crippen molar-refractivity contribution in [3.8, 4) is 0 Å². The van der Waals surface area contributed by atoms with Crippen molar-refractivity contribution in [3.63, 3.8) is 0 Å². The minimum Gasteiger partial charge on any atom is -0.466 e. The maximum Gasteiger partial charge on any atom is 0.311 e. The first kappa shape index (κ1) is 13.6. The summed E-state index contributed by atoms with van der Waals surface area (Å²) in [5, 5.41) is 0. The molecule has 0 radical (unpaired) electrons. The van der Waals surface area contributed by atoms with Gasteiger partial charge in [0.1, 0.15) is 0 Å². The van der Waals surface area contributed by atoms with Crippen molar-refractivity contribution in [3.05, 3.63) is 0 Å². The third-order valence-electron chi connectivity index (χ3n) is 6.32. The molecule has 0 N–H and O–H groups in total. The summed E-state index contributed by atoms with van der Waals surface area (Å²) in [4.78, 5) is 26.4. The largest absolute Gasteiger partial charge is 0.466 e. The summed E-state index contributed by atoms with van der Waals surface area (Å²) in [6.45, 7) is 2.83. The lowest BCUT2D eigenvalue weighted by Gasteiger charge is -2.56. The lowest BCUT2D eigenvalue weighted by molar-refractivity contribution is -0.147. The highest BCUT2D eigenvalue weighted by atomic mass is 16.5. The molecule has 4 heteroatoms. The first-order valence-corrected chi connectivity index (χ1v) is 8.61. The molecule has 4 bridgehead atoms. The van der Waals surface area contributed by atoms with Crippen molar-refractivity contribution in [1.82, 2.24) is 4.90 Å². The predicted octanol–water partition coefficient (Wildman–Crippen LogP) is 2.22. The van der Waals surface area contributed by atoms with E-state index in [9.17, 15) is 9.59 Å². The summed E-state index contributed by atoms with van der Waals surface area (Å²) >= 11 is 0. The van der Waals surface area contributed by atoms with Crippen LogP contribution in [-0.2, 0) is 14.3 Å². The average Bonchev–Trinajstić information content (AvgIpc) is 2.80. The summed E-state index contributed by atoms with van der Waals surface area (Å²) in [5.74, 6) is 3.01. The minimum absolute atomic E-state index is 0.183. The number of likely N-dealkylation sites (tertiary alicyclic amines) is 1. The van der Waals surface area contributed by atoms with E-state index in [1.54, 1.807) is 0 Å². The van der Waals surface area contributed by atoms with Crippen molar-refractivity contribution < 1.29 is 14.3 Å². The van der Waals surface area contributed by atoms with E-state index in [1.165, 1.54) is 32.1 Å².